The average molecular weight is 652 g/mol. The van der Waals surface area contributed by atoms with Gasteiger partial charge in [0, 0.05) is 24.0 Å². The number of ether oxygens (including phenoxy) is 6. The van der Waals surface area contributed by atoms with Crippen LogP contribution in [0.15, 0.2) is 24.3 Å². The summed E-state index contributed by atoms with van der Waals surface area (Å²) >= 11 is 0. The van der Waals surface area contributed by atoms with Crippen LogP contribution < -0.4 is 0 Å². The standard InChI is InChI=1S/C23H26F10O10/c1-13(2)17(36)38-9-5-7-15(34)40-11-19(24,25)21(28,29)22(30,31)43-23(32,33)42-20(26,27)12-41-16(35)8-6-10-39-18(37)14(3)4/h1,3,5-12H2,2,4H3. The largest absolute Gasteiger partial charge is 0.495 e. The second-order valence-corrected chi connectivity index (χ2v) is 8.46. The lowest BCUT2D eigenvalue weighted by Crippen LogP contribution is -2.59. The topological polar surface area (TPSA) is 124 Å². The highest BCUT2D eigenvalue weighted by Gasteiger charge is 2.76. The zero-order chi connectivity index (χ0) is 33.9. The molecule has 0 atom stereocenters. The summed E-state index contributed by atoms with van der Waals surface area (Å²) in [5.74, 6) is -17.9. The first-order valence-corrected chi connectivity index (χ1v) is 11.6. The fraction of sp³-hybridized carbons (Fsp3) is 0.652. The Labute approximate surface area is 236 Å². The Morgan fingerprint density at radius 3 is 1.40 bits per heavy atom. The summed E-state index contributed by atoms with van der Waals surface area (Å²) in [4.78, 5) is 45.0. The van der Waals surface area contributed by atoms with Crippen molar-refractivity contribution >= 4 is 23.9 Å². The maximum absolute atomic E-state index is 13.8. The molecule has 0 aliphatic heterocycles. The van der Waals surface area contributed by atoms with Crippen molar-refractivity contribution in [3.8, 4) is 0 Å². The molecule has 0 fully saturated rings. The lowest BCUT2D eigenvalue weighted by Gasteiger charge is -2.33. The van der Waals surface area contributed by atoms with E-state index in [0.29, 0.717) is 0 Å². The zero-order valence-corrected chi connectivity index (χ0v) is 22.4. The van der Waals surface area contributed by atoms with Gasteiger partial charge >= 0.3 is 54.2 Å². The highest BCUT2D eigenvalue weighted by Crippen LogP contribution is 2.49. The van der Waals surface area contributed by atoms with Gasteiger partial charge in [-0.25, -0.2) is 19.1 Å². The molecule has 0 aromatic rings. The van der Waals surface area contributed by atoms with E-state index in [-0.39, 0.29) is 17.6 Å². The third-order valence-corrected chi connectivity index (χ3v) is 4.37. The average Bonchev–Trinajstić information content (AvgIpc) is 2.84. The smallest absolute Gasteiger partial charge is 0.462 e. The van der Waals surface area contributed by atoms with Crippen molar-refractivity contribution in [3.05, 3.63) is 24.3 Å². The van der Waals surface area contributed by atoms with Gasteiger partial charge < -0.3 is 18.9 Å². The lowest BCUT2D eigenvalue weighted by atomic mass is 10.1. The summed E-state index contributed by atoms with van der Waals surface area (Å²) < 4.78 is 158. The number of hydrogen-bond donors (Lipinski definition) is 0. The number of carbonyl (C=O) groups excluding carboxylic acids is 4. The van der Waals surface area contributed by atoms with Crippen LogP contribution in [0, 0.1) is 0 Å². The molecule has 0 radical (unpaired) electrons. The summed E-state index contributed by atoms with van der Waals surface area (Å²) in [6.45, 7) is 2.94. The van der Waals surface area contributed by atoms with Gasteiger partial charge in [0.2, 0.25) is 0 Å². The molecule has 0 saturated carbocycles. The Bertz CT molecular complexity index is 1030. The van der Waals surface area contributed by atoms with Crippen LogP contribution >= 0.6 is 0 Å². The summed E-state index contributed by atoms with van der Waals surface area (Å²) in [6.07, 6.45) is -20.9. The number of halogens is 10. The monoisotopic (exact) mass is 652 g/mol. The van der Waals surface area contributed by atoms with Crippen molar-refractivity contribution in [2.24, 2.45) is 0 Å². The van der Waals surface area contributed by atoms with Crippen molar-refractivity contribution in [1.29, 1.82) is 0 Å². The molecule has 0 aliphatic carbocycles. The molecule has 0 aromatic carbocycles. The van der Waals surface area contributed by atoms with Gasteiger partial charge in [-0.3, -0.25) is 9.59 Å². The summed E-state index contributed by atoms with van der Waals surface area (Å²) in [5, 5.41) is 0. The van der Waals surface area contributed by atoms with Crippen molar-refractivity contribution in [2.75, 3.05) is 26.4 Å². The van der Waals surface area contributed by atoms with Gasteiger partial charge in [0.05, 0.1) is 13.2 Å². The number of rotatable bonds is 20. The van der Waals surface area contributed by atoms with Crippen LogP contribution in [0.1, 0.15) is 39.5 Å². The minimum absolute atomic E-state index is 0.00882. The Balaban J connectivity index is 4.98. The molecule has 248 valence electrons. The normalized spacial score (nSPS) is 12.7. The molecule has 0 N–H and O–H groups in total. The molecule has 20 heteroatoms. The minimum atomic E-state index is -6.92. The fourth-order valence-electron chi connectivity index (χ4n) is 2.23. The van der Waals surface area contributed by atoms with E-state index in [2.05, 4.69) is 41.6 Å². The van der Waals surface area contributed by atoms with Crippen LogP contribution in [0.3, 0.4) is 0 Å². The van der Waals surface area contributed by atoms with E-state index in [9.17, 15) is 63.1 Å². The van der Waals surface area contributed by atoms with E-state index in [1.54, 1.807) is 0 Å². The molecule has 43 heavy (non-hydrogen) atoms. The van der Waals surface area contributed by atoms with E-state index in [4.69, 9.17) is 0 Å². The molecule has 0 amide bonds. The number of esters is 4. The second kappa shape index (κ2) is 15.9. The third kappa shape index (κ3) is 14.1. The Hall–Kier alpha value is -3.42. The minimum Gasteiger partial charge on any atom is -0.462 e. The Kier molecular flexibility index (Phi) is 14.6. The van der Waals surface area contributed by atoms with Crippen molar-refractivity contribution < 1.29 is 91.5 Å². The second-order valence-electron chi connectivity index (χ2n) is 8.46. The maximum atomic E-state index is 13.8. The molecule has 0 bridgehead atoms. The molecular formula is C23H26F10O10. The number of alkyl halides is 10. The van der Waals surface area contributed by atoms with Gasteiger partial charge in [0.15, 0.2) is 13.2 Å². The fourth-order valence-corrected chi connectivity index (χ4v) is 2.23. The Morgan fingerprint density at radius 1 is 0.605 bits per heavy atom. The first-order valence-electron chi connectivity index (χ1n) is 11.6. The van der Waals surface area contributed by atoms with Gasteiger partial charge in [-0.2, -0.15) is 35.1 Å². The van der Waals surface area contributed by atoms with Gasteiger partial charge in [-0.05, 0) is 26.7 Å². The highest BCUT2D eigenvalue weighted by atomic mass is 19.4. The van der Waals surface area contributed by atoms with Gasteiger partial charge in [0.25, 0.3) is 0 Å². The predicted molar refractivity (Wildman–Crippen MR) is 119 cm³/mol. The molecule has 0 aromatic heterocycles. The first kappa shape index (κ1) is 39.6. The molecule has 0 rings (SSSR count). The van der Waals surface area contributed by atoms with E-state index in [1.807, 2.05) is 0 Å². The zero-order valence-electron chi connectivity index (χ0n) is 22.4. The summed E-state index contributed by atoms with van der Waals surface area (Å²) in [5.41, 5.74) is -0.0475. The molecule has 10 nitrogen and oxygen atoms in total. The van der Waals surface area contributed by atoms with Crippen LogP contribution in [0.5, 0.6) is 0 Å². The summed E-state index contributed by atoms with van der Waals surface area (Å²) in [7, 11) is 0. The van der Waals surface area contributed by atoms with E-state index in [1.165, 1.54) is 13.8 Å². The van der Waals surface area contributed by atoms with E-state index >= 15 is 0 Å². The predicted octanol–water partition coefficient (Wildman–Crippen LogP) is 4.91. The van der Waals surface area contributed by atoms with Gasteiger partial charge in [-0.1, -0.05) is 13.2 Å². The Morgan fingerprint density at radius 2 is 1.00 bits per heavy atom. The van der Waals surface area contributed by atoms with Crippen LogP contribution in [0.25, 0.3) is 0 Å². The van der Waals surface area contributed by atoms with Crippen LogP contribution in [0.2, 0.25) is 0 Å². The van der Waals surface area contributed by atoms with Crippen molar-refractivity contribution in [3.63, 3.8) is 0 Å². The molecule has 0 saturated heterocycles. The summed E-state index contributed by atoms with van der Waals surface area (Å²) in [6, 6.07) is 0. The molecular weight excluding hydrogens is 626 g/mol. The van der Waals surface area contributed by atoms with Crippen LogP contribution in [-0.4, -0.2) is 80.7 Å². The number of hydrogen-bond acceptors (Lipinski definition) is 10. The van der Waals surface area contributed by atoms with Crippen molar-refractivity contribution in [2.45, 2.75) is 69.9 Å². The lowest BCUT2D eigenvalue weighted by molar-refractivity contribution is -0.543. The van der Waals surface area contributed by atoms with Crippen molar-refractivity contribution in [1.82, 2.24) is 0 Å². The third-order valence-electron chi connectivity index (χ3n) is 4.37. The molecule has 0 heterocycles. The SMILES string of the molecule is C=C(C)C(=O)OCCCC(=O)OCC(F)(F)OC(F)(F)OC(F)(F)C(F)(F)C(F)(F)COC(=O)CCCOC(=O)C(=C)C. The van der Waals surface area contributed by atoms with Crippen LogP contribution in [0.4, 0.5) is 43.9 Å². The van der Waals surface area contributed by atoms with Crippen LogP contribution in [-0.2, 0) is 47.6 Å². The molecule has 0 unspecified atom stereocenters. The maximum Gasteiger partial charge on any atom is 0.495 e. The number of carbonyl (C=O) groups is 4. The quantitative estimate of drug-likeness (QED) is 0.0448. The van der Waals surface area contributed by atoms with E-state index < -0.39 is 99.9 Å². The van der Waals surface area contributed by atoms with Gasteiger partial charge in [-0.15, -0.1) is 8.78 Å². The molecule has 0 aliphatic rings. The first-order chi connectivity index (χ1) is 19.4. The highest BCUT2D eigenvalue weighted by molar-refractivity contribution is 5.87. The van der Waals surface area contributed by atoms with E-state index in [0.717, 1.165) is 0 Å². The molecule has 0 spiro atoms. The van der Waals surface area contributed by atoms with Gasteiger partial charge in [0.1, 0.15) is 0 Å².